The van der Waals surface area contributed by atoms with Gasteiger partial charge in [0, 0.05) is 17.8 Å². The van der Waals surface area contributed by atoms with E-state index in [1.807, 2.05) is 0 Å². The highest BCUT2D eigenvalue weighted by Gasteiger charge is 2.13. The number of non-ortho nitro benzene ring substituents is 1. The molecule has 0 aliphatic heterocycles. The molecule has 0 bridgehead atoms. The largest absolute Gasteiger partial charge is 0.493 e. The van der Waals surface area contributed by atoms with E-state index in [4.69, 9.17) is 15.2 Å². The fraction of sp³-hybridized carbons (Fsp3) is 0.125. The van der Waals surface area contributed by atoms with Crippen molar-refractivity contribution >= 4 is 23.5 Å². The van der Waals surface area contributed by atoms with Gasteiger partial charge in [0.15, 0.2) is 11.5 Å². The van der Waals surface area contributed by atoms with Crippen LogP contribution in [0.5, 0.6) is 11.5 Å². The summed E-state index contributed by atoms with van der Waals surface area (Å²) in [6.07, 6.45) is 1.40. The molecule has 0 saturated heterocycles. The van der Waals surface area contributed by atoms with Crippen LogP contribution in [0.1, 0.15) is 15.9 Å². The average Bonchev–Trinajstić information content (AvgIpc) is 2.60. The minimum Gasteiger partial charge on any atom is -0.493 e. The fourth-order valence-corrected chi connectivity index (χ4v) is 2.03. The second kappa shape index (κ2) is 7.77. The molecule has 0 radical (unpaired) electrons. The van der Waals surface area contributed by atoms with Crippen LogP contribution in [-0.4, -0.2) is 31.3 Å². The number of hydrogen-bond donors (Lipinski definition) is 2. The molecule has 1 amide bonds. The summed E-state index contributed by atoms with van der Waals surface area (Å²) in [5.74, 6) is 0.465. The number of anilines is 1. The third-order valence-electron chi connectivity index (χ3n) is 3.20. The lowest BCUT2D eigenvalue weighted by Gasteiger charge is -2.07. The summed E-state index contributed by atoms with van der Waals surface area (Å²) in [5, 5.41) is 14.6. The van der Waals surface area contributed by atoms with Crippen LogP contribution in [0.3, 0.4) is 0 Å². The summed E-state index contributed by atoms with van der Waals surface area (Å²) in [6, 6.07) is 8.72. The van der Waals surface area contributed by atoms with E-state index < -0.39 is 10.8 Å². The van der Waals surface area contributed by atoms with Crippen LogP contribution < -0.4 is 20.6 Å². The normalized spacial score (nSPS) is 10.5. The first-order chi connectivity index (χ1) is 11.9. The summed E-state index contributed by atoms with van der Waals surface area (Å²) in [7, 11) is 3.03. The van der Waals surface area contributed by atoms with Crippen molar-refractivity contribution in [3.05, 3.63) is 57.6 Å². The molecule has 0 heterocycles. The van der Waals surface area contributed by atoms with Gasteiger partial charge in [0.05, 0.1) is 30.9 Å². The Balaban J connectivity index is 2.12. The van der Waals surface area contributed by atoms with E-state index >= 15 is 0 Å². The Bertz CT molecular complexity index is 835. The van der Waals surface area contributed by atoms with Crippen molar-refractivity contribution in [3.8, 4) is 11.5 Å². The molecular formula is C16H16N4O5. The van der Waals surface area contributed by atoms with Gasteiger partial charge in [0.25, 0.3) is 11.6 Å². The average molecular weight is 344 g/mol. The molecule has 0 aliphatic carbocycles. The van der Waals surface area contributed by atoms with Crippen molar-refractivity contribution < 1.29 is 19.2 Å². The van der Waals surface area contributed by atoms with Gasteiger partial charge in [0.1, 0.15) is 0 Å². The Morgan fingerprint density at radius 2 is 1.92 bits per heavy atom. The Kier molecular flexibility index (Phi) is 5.51. The molecule has 9 nitrogen and oxygen atoms in total. The number of methoxy groups -OCH3 is 2. The lowest BCUT2D eigenvalue weighted by molar-refractivity contribution is -0.384. The number of nitrogen functional groups attached to an aromatic ring is 1. The molecule has 2 aromatic rings. The standard InChI is InChI=1S/C16H16N4O5/c1-24-14-4-3-10(5-15(14)25-2)9-18-19-16(21)11-6-12(17)8-13(7-11)20(22)23/h3-9H,17H2,1-2H3,(H,19,21)/b18-9-. The van der Waals surface area contributed by atoms with Crippen molar-refractivity contribution in [1.29, 1.82) is 0 Å². The second-order valence-corrected chi connectivity index (χ2v) is 4.88. The highest BCUT2D eigenvalue weighted by Crippen LogP contribution is 2.26. The third kappa shape index (κ3) is 4.44. The summed E-state index contributed by atoms with van der Waals surface area (Å²) in [6.45, 7) is 0. The predicted octanol–water partition coefficient (Wildman–Crippen LogP) is 1.96. The molecule has 0 spiro atoms. The topological polar surface area (TPSA) is 129 Å². The monoisotopic (exact) mass is 344 g/mol. The van der Waals surface area contributed by atoms with Crippen molar-refractivity contribution in [2.75, 3.05) is 20.0 Å². The zero-order valence-electron chi connectivity index (χ0n) is 13.6. The van der Waals surface area contributed by atoms with Crippen LogP contribution >= 0.6 is 0 Å². The van der Waals surface area contributed by atoms with Crippen LogP contribution in [0.25, 0.3) is 0 Å². The number of nitro benzene ring substituents is 1. The molecule has 2 rings (SSSR count). The van der Waals surface area contributed by atoms with E-state index in [0.29, 0.717) is 17.1 Å². The molecule has 2 aromatic carbocycles. The van der Waals surface area contributed by atoms with E-state index in [1.54, 1.807) is 18.2 Å². The smallest absolute Gasteiger partial charge is 0.272 e. The maximum atomic E-state index is 12.0. The molecule has 9 heteroatoms. The number of carbonyl (C=O) groups is 1. The number of hydrogen-bond acceptors (Lipinski definition) is 7. The van der Waals surface area contributed by atoms with E-state index in [-0.39, 0.29) is 16.9 Å². The van der Waals surface area contributed by atoms with Gasteiger partial charge in [-0.15, -0.1) is 0 Å². The van der Waals surface area contributed by atoms with Gasteiger partial charge in [-0.3, -0.25) is 14.9 Å². The molecule has 130 valence electrons. The van der Waals surface area contributed by atoms with Crippen molar-refractivity contribution in [3.63, 3.8) is 0 Å². The van der Waals surface area contributed by atoms with Gasteiger partial charge in [-0.1, -0.05) is 0 Å². The van der Waals surface area contributed by atoms with Crippen LogP contribution in [0.2, 0.25) is 0 Å². The Labute approximate surface area is 143 Å². The van der Waals surface area contributed by atoms with Gasteiger partial charge in [0.2, 0.25) is 0 Å². The van der Waals surface area contributed by atoms with Crippen molar-refractivity contribution in [2.24, 2.45) is 5.10 Å². The van der Waals surface area contributed by atoms with E-state index in [0.717, 1.165) is 6.07 Å². The first-order valence-electron chi connectivity index (χ1n) is 7.05. The molecule has 0 aromatic heterocycles. The number of carbonyl (C=O) groups excluding carboxylic acids is 1. The minimum absolute atomic E-state index is 0.0381. The maximum Gasteiger partial charge on any atom is 0.272 e. The predicted molar refractivity (Wildman–Crippen MR) is 92.1 cm³/mol. The first kappa shape index (κ1) is 17.7. The number of ether oxygens (including phenoxy) is 2. The van der Waals surface area contributed by atoms with Crippen molar-refractivity contribution in [2.45, 2.75) is 0 Å². The van der Waals surface area contributed by atoms with Crippen LogP contribution in [0, 0.1) is 10.1 Å². The zero-order valence-corrected chi connectivity index (χ0v) is 13.6. The molecule has 0 fully saturated rings. The second-order valence-electron chi connectivity index (χ2n) is 4.88. The number of hydrazone groups is 1. The lowest BCUT2D eigenvalue weighted by Crippen LogP contribution is -2.18. The summed E-state index contributed by atoms with van der Waals surface area (Å²) >= 11 is 0. The van der Waals surface area contributed by atoms with E-state index in [2.05, 4.69) is 10.5 Å². The van der Waals surface area contributed by atoms with Crippen LogP contribution in [0.4, 0.5) is 11.4 Å². The molecule has 0 saturated carbocycles. The van der Waals surface area contributed by atoms with Gasteiger partial charge >= 0.3 is 0 Å². The number of nitrogens with one attached hydrogen (secondary N) is 1. The summed E-state index contributed by atoms with van der Waals surface area (Å²) < 4.78 is 10.3. The minimum atomic E-state index is -0.625. The molecule has 25 heavy (non-hydrogen) atoms. The van der Waals surface area contributed by atoms with Gasteiger partial charge < -0.3 is 15.2 Å². The molecule has 3 N–H and O–H groups in total. The van der Waals surface area contributed by atoms with Crippen LogP contribution in [-0.2, 0) is 0 Å². The summed E-state index contributed by atoms with van der Waals surface area (Å²) in [5.41, 5.74) is 8.40. The third-order valence-corrected chi connectivity index (χ3v) is 3.20. The lowest BCUT2D eigenvalue weighted by atomic mass is 10.1. The van der Waals surface area contributed by atoms with Gasteiger partial charge in [-0.2, -0.15) is 5.10 Å². The van der Waals surface area contributed by atoms with Gasteiger partial charge in [-0.25, -0.2) is 5.43 Å². The number of nitrogens with zero attached hydrogens (tertiary/aromatic N) is 2. The zero-order chi connectivity index (χ0) is 18.4. The Morgan fingerprint density at radius 3 is 2.56 bits per heavy atom. The molecule has 0 aliphatic rings. The fourth-order valence-electron chi connectivity index (χ4n) is 2.03. The molecular weight excluding hydrogens is 328 g/mol. The highest BCUT2D eigenvalue weighted by molar-refractivity contribution is 5.96. The molecule has 0 unspecified atom stereocenters. The van der Waals surface area contributed by atoms with Crippen molar-refractivity contribution in [1.82, 2.24) is 5.43 Å². The van der Waals surface area contributed by atoms with E-state index in [9.17, 15) is 14.9 Å². The van der Waals surface area contributed by atoms with Gasteiger partial charge in [-0.05, 0) is 29.8 Å². The maximum absolute atomic E-state index is 12.0. The number of nitrogens with two attached hydrogens (primary N) is 1. The Hall–Kier alpha value is -3.62. The number of benzene rings is 2. The quantitative estimate of drug-likeness (QED) is 0.357. The first-order valence-corrected chi connectivity index (χ1v) is 7.05. The van der Waals surface area contributed by atoms with E-state index in [1.165, 1.54) is 32.6 Å². The Morgan fingerprint density at radius 1 is 1.20 bits per heavy atom. The number of rotatable bonds is 6. The highest BCUT2D eigenvalue weighted by atomic mass is 16.6. The molecule has 0 atom stereocenters. The number of amides is 1. The summed E-state index contributed by atoms with van der Waals surface area (Å²) in [4.78, 5) is 22.2. The van der Waals surface area contributed by atoms with Crippen LogP contribution in [0.15, 0.2) is 41.5 Å². The number of nitro groups is 1. The SMILES string of the molecule is COc1ccc(/C=N\NC(=O)c2cc(N)cc([N+](=O)[O-])c2)cc1OC.